The molecule has 23 heavy (non-hydrogen) atoms. The summed E-state index contributed by atoms with van der Waals surface area (Å²) in [4.78, 5) is 26.9. The third-order valence-electron chi connectivity index (χ3n) is 4.62. The predicted molar refractivity (Wildman–Crippen MR) is 86.8 cm³/mol. The average Bonchev–Trinajstić information content (AvgIpc) is 2.47. The number of nitrogens with one attached hydrogen (secondary N) is 1. The third-order valence-corrected chi connectivity index (χ3v) is 4.62. The summed E-state index contributed by atoms with van der Waals surface area (Å²) in [6, 6.07) is 5.52. The molecule has 2 aliphatic rings. The Kier molecular flexibility index (Phi) is 4.15. The number of rotatable bonds is 4. The Morgan fingerprint density at radius 1 is 1.39 bits per heavy atom. The zero-order valence-electron chi connectivity index (χ0n) is 13.6. The van der Waals surface area contributed by atoms with E-state index in [2.05, 4.69) is 10.2 Å². The first kappa shape index (κ1) is 15.6. The van der Waals surface area contributed by atoms with E-state index in [-0.39, 0.29) is 12.5 Å². The van der Waals surface area contributed by atoms with E-state index in [9.17, 15) is 9.59 Å². The fourth-order valence-corrected chi connectivity index (χ4v) is 3.00. The van der Waals surface area contributed by atoms with Crippen LogP contribution in [-0.4, -0.2) is 38.7 Å². The van der Waals surface area contributed by atoms with Crippen molar-refractivity contribution in [3.8, 4) is 5.75 Å². The fourth-order valence-electron chi connectivity index (χ4n) is 3.00. The highest BCUT2D eigenvalue weighted by Gasteiger charge is 2.52. The molecule has 0 radical (unpaired) electrons. The number of nitrogens with zero attached hydrogens (tertiary/aromatic N) is 1. The van der Waals surface area contributed by atoms with E-state index in [4.69, 9.17) is 9.47 Å². The van der Waals surface area contributed by atoms with Crippen LogP contribution in [0.2, 0.25) is 0 Å². The van der Waals surface area contributed by atoms with Crippen LogP contribution in [0.1, 0.15) is 26.2 Å². The van der Waals surface area contributed by atoms with Crippen molar-refractivity contribution < 1.29 is 19.1 Å². The lowest BCUT2D eigenvalue weighted by Crippen LogP contribution is -2.49. The van der Waals surface area contributed by atoms with Gasteiger partial charge in [-0.25, -0.2) is 0 Å². The monoisotopic (exact) mass is 318 g/mol. The quantitative estimate of drug-likeness (QED) is 0.681. The van der Waals surface area contributed by atoms with Crippen LogP contribution in [0.3, 0.4) is 0 Å². The van der Waals surface area contributed by atoms with Gasteiger partial charge in [0.25, 0.3) is 0 Å². The maximum absolute atomic E-state index is 12.6. The van der Waals surface area contributed by atoms with E-state index in [0.29, 0.717) is 25.1 Å². The molecule has 1 aliphatic heterocycles. The van der Waals surface area contributed by atoms with Gasteiger partial charge < -0.3 is 19.7 Å². The summed E-state index contributed by atoms with van der Waals surface area (Å²) in [6.07, 6.45) is 1.96. The lowest BCUT2D eigenvalue weighted by atomic mass is 9.68. The summed E-state index contributed by atoms with van der Waals surface area (Å²) in [5, 5.41) is 2.87. The van der Waals surface area contributed by atoms with Gasteiger partial charge in [0, 0.05) is 12.7 Å². The van der Waals surface area contributed by atoms with Crippen molar-refractivity contribution >= 4 is 23.3 Å². The number of ether oxygens (including phenoxy) is 2. The molecule has 124 valence electrons. The van der Waals surface area contributed by atoms with E-state index in [1.54, 1.807) is 13.0 Å². The molecular weight excluding hydrogens is 296 g/mol. The Morgan fingerprint density at radius 2 is 2.17 bits per heavy atom. The highest BCUT2D eigenvalue weighted by molar-refractivity contribution is 6.09. The lowest BCUT2D eigenvalue weighted by molar-refractivity contribution is -0.165. The topological polar surface area (TPSA) is 67.9 Å². The zero-order chi connectivity index (χ0) is 16.4. The minimum absolute atomic E-state index is 0.276. The van der Waals surface area contributed by atoms with Crippen LogP contribution in [0.15, 0.2) is 18.2 Å². The SMILES string of the molecule is CCOC(=O)C1(C(=O)Nc2ccc3c(c2)N(C)CCO3)CCC1. The molecule has 0 spiro atoms. The molecular formula is C17H22N2O4. The number of hydrogen-bond acceptors (Lipinski definition) is 5. The van der Waals surface area contributed by atoms with Gasteiger partial charge in [-0.15, -0.1) is 0 Å². The van der Waals surface area contributed by atoms with E-state index in [1.807, 2.05) is 19.2 Å². The van der Waals surface area contributed by atoms with E-state index < -0.39 is 11.4 Å². The normalized spacial score (nSPS) is 18.3. The number of anilines is 2. The molecule has 1 fully saturated rings. The fraction of sp³-hybridized carbons (Fsp3) is 0.529. The van der Waals surface area contributed by atoms with Crippen molar-refractivity contribution in [2.45, 2.75) is 26.2 Å². The van der Waals surface area contributed by atoms with E-state index >= 15 is 0 Å². The van der Waals surface area contributed by atoms with Gasteiger partial charge in [0.05, 0.1) is 18.8 Å². The molecule has 0 bridgehead atoms. The molecule has 0 unspecified atom stereocenters. The van der Waals surface area contributed by atoms with Crippen molar-refractivity contribution in [3.05, 3.63) is 18.2 Å². The van der Waals surface area contributed by atoms with Gasteiger partial charge in [-0.3, -0.25) is 9.59 Å². The van der Waals surface area contributed by atoms with Crippen molar-refractivity contribution in [1.82, 2.24) is 0 Å². The largest absolute Gasteiger partial charge is 0.490 e. The molecule has 0 aromatic heterocycles. The molecule has 1 saturated carbocycles. The second kappa shape index (κ2) is 6.10. The van der Waals surface area contributed by atoms with Gasteiger partial charge >= 0.3 is 5.97 Å². The Balaban J connectivity index is 1.77. The highest BCUT2D eigenvalue weighted by atomic mass is 16.5. The molecule has 0 saturated heterocycles. The van der Waals surface area contributed by atoms with Crippen molar-refractivity contribution in [1.29, 1.82) is 0 Å². The molecule has 1 aliphatic carbocycles. The second-order valence-corrected chi connectivity index (χ2v) is 6.06. The highest BCUT2D eigenvalue weighted by Crippen LogP contribution is 2.43. The molecule has 1 aromatic carbocycles. The molecule has 3 rings (SSSR count). The van der Waals surface area contributed by atoms with Crippen LogP contribution < -0.4 is 15.0 Å². The van der Waals surface area contributed by atoms with Gasteiger partial charge in [0.15, 0.2) is 0 Å². The molecule has 6 heteroatoms. The van der Waals surface area contributed by atoms with Crippen molar-refractivity contribution in [3.63, 3.8) is 0 Å². The van der Waals surface area contributed by atoms with Crippen LogP contribution in [0.5, 0.6) is 5.75 Å². The van der Waals surface area contributed by atoms with Crippen LogP contribution >= 0.6 is 0 Å². The Hall–Kier alpha value is -2.24. The van der Waals surface area contributed by atoms with Gasteiger partial charge in [-0.1, -0.05) is 6.42 Å². The molecule has 1 N–H and O–H groups in total. The molecule has 1 heterocycles. The first-order valence-electron chi connectivity index (χ1n) is 8.03. The number of benzene rings is 1. The summed E-state index contributed by atoms with van der Waals surface area (Å²) >= 11 is 0. The number of carbonyl (C=O) groups is 2. The molecule has 1 aromatic rings. The van der Waals surface area contributed by atoms with Crippen LogP contribution in [0.25, 0.3) is 0 Å². The number of fused-ring (bicyclic) bond motifs is 1. The summed E-state index contributed by atoms with van der Waals surface area (Å²) in [5.41, 5.74) is 0.587. The van der Waals surface area contributed by atoms with E-state index in [0.717, 1.165) is 24.4 Å². The summed E-state index contributed by atoms with van der Waals surface area (Å²) in [7, 11) is 1.99. The van der Waals surface area contributed by atoms with Gasteiger partial charge in [-0.2, -0.15) is 0 Å². The number of amides is 1. The Labute approximate surface area is 135 Å². The summed E-state index contributed by atoms with van der Waals surface area (Å²) in [6.45, 7) is 3.49. The first-order chi connectivity index (χ1) is 11.1. The van der Waals surface area contributed by atoms with Gasteiger partial charge in [0.1, 0.15) is 17.8 Å². The van der Waals surface area contributed by atoms with Gasteiger partial charge in [-0.05, 0) is 38.0 Å². The summed E-state index contributed by atoms with van der Waals surface area (Å²) in [5.74, 6) is 0.115. The van der Waals surface area contributed by atoms with Crippen LogP contribution in [0.4, 0.5) is 11.4 Å². The van der Waals surface area contributed by atoms with Crippen molar-refractivity contribution in [2.75, 3.05) is 37.0 Å². The molecule has 6 nitrogen and oxygen atoms in total. The number of carbonyl (C=O) groups excluding carboxylic acids is 2. The van der Waals surface area contributed by atoms with Crippen molar-refractivity contribution in [2.24, 2.45) is 5.41 Å². The smallest absolute Gasteiger partial charge is 0.321 e. The standard InChI is InChI=1S/C17H22N2O4/c1-3-22-16(21)17(7-4-8-17)15(20)18-12-5-6-14-13(11-12)19(2)9-10-23-14/h5-6,11H,3-4,7-10H2,1-2H3,(H,18,20). The molecule has 0 atom stereocenters. The maximum Gasteiger partial charge on any atom is 0.321 e. The third kappa shape index (κ3) is 2.73. The second-order valence-electron chi connectivity index (χ2n) is 6.06. The Bertz CT molecular complexity index is 625. The lowest BCUT2D eigenvalue weighted by Gasteiger charge is -2.37. The minimum atomic E-state index is -1.02. The van der Waals surface area contributed by atoms with Crippen LogP contribution in [0, 0.1) is 5.41 Å². The van der Waals surface area contributed by atoms with Gasteiger partial charge in [0.2, 0.25) is 5.91 Å². The predicted octanol–water partition coefficient (Wildman–Crippen LogP) is 2.19. The number of hydrogen-bond donors (Lipinski definition) is 1. The summed E-state index contributed by atoms with van der Waals surface area (Å²) < 4.78 is 10.7. The molecule has 1 amide bonds. The number of likely N-dealkylation sites (N-methyl/N-ethyl adjacent to an activating group) is 1. The minimum Gasteiger partial charge on any atom is -0.490 e. The maximum atomic E-state index is 12.6. The van der Waals surface area contributed by atoms with Crippen LogP contribution in [-0.2, 0) is 14.3 Å². The average molecular weight is 318 g/mol. The van der Waals surface area contributed by atoms with E-state index in [1.165, 1.54) is 0 Å². The Morgan fingerprint density at radius 3 is 2.83 bits per heavy atom. The zero-order valence-corrected chi connectivity index (χ0v) is 13.6. The number of esters is 1. The first-order valence-corrected chi connectivity index (χ1v) is 8.03.